The average Bonchev–Trinajstić information content (AvgIpc) is 2.81. The van der Waals surface area contributed by atoms with Crippen molar-refractivity contribution in [1.82, 2.24) is 4.90 Å². The molecule has 0 bridgehead atoms. The highest BCUT2D eigenvalue weighted by Crippen LogP contribution is 2.49. The third-order valence-corrected chi connectivity index (χ3v) is 5.92. The van der Waals surface area contributed by atoms with Crippen LogP contribution in [0.2, 0.25) is 0 Å². The monoisotopic (exact) mass is 445 g/mol. The molecule has 0 spiro atoms. The van der Waals surface area contributed by atoms with Gasteiger partial charge in [0.25, 0.3) is 0 Å². The van der Waals surface area contributed by atoms with E-state index in [1.807, 2.05) is 12.1 Å². The third kappa shape index (κ3) is 4.27. The van der Waals surface area contributed by atoms with Crippen molar-refractivity contribution in [2.75, 3.05) is 48.6 Å². The molecule has 0 aromatic heterocycles. The van der Waals surface area contributed by atoms with Gasteiger partial charge in [0.1, 0.15) is 0 Å². The molecule has 1 aliphatic rings. The summed E-state index contributed by atoms with van der Waals surface area (Å²) in [5, 5.41) is 10.7. The molecular formula is C24H31NO7. The van der Waals surface area contributed by atoms with E-state index < -0.39 is 0 Å². The van der Waals surface area contributed by atoms with Crippen LogP contribution in [-0.2, 0) is 13.0 Å². The van der Waals surface area contributed by atoms with Gasteiger partial charge in [-0.2, -0.15) is 0 Å². The molecule has 8 nitrogen and oxygen atoms in total. The van der Waals surface area contributed by atoms with Gasteiger partial charge in [0.05, 0.1) is 41.1 Å². The first-order valence-corrected chi connectivity index (χ1v) is 10.4. The molecule has 1 aliphatic heterocycles. The molecular weight excluding hydrogens is 414 g/mol. The summed E-state index contributed by atoms with van der Waals surface area (Å²) in [6, 6.07) is 4.02. The van der Waals surface area contributed by atoms with E-state index in [0.29, 0.717) is 30.2 Å². The molecule has 174 valence electrons. The van der Waals surface area contributed by atoms with Gasteiger partial charge in [-0.3, -0.25) is 9.69 Å². The number of carbonyl (C=O) groups excluding carboxylic acids is 1. The van der Waals surface area contributed by atoms with Crippen molar-refractivity contribution in [1.29, 1.82) is 0 Å². The number of nitrogens with zero attached hydrogens (tertiary/aromatic N) is 1. The molecule has 1 N–H and O–H groups in total. The lowest BCUT2D eigenvalue weighted by Crippen LogP contribution is -2.32. The van der Waals surface area contributed by atoms with Crippen molar-refractivity contribution in [2.24, 2.45) is 0 Å². The van der Waals surface area contributed by atoms with Crippen LogP contribution < -0.4 is 23.7 Å². The molecule has 2 aromatic carbocycles. The Morgan fingerprint density at radius 2 is 1.50 bits per heavy atom. The van der Waals surface area contributed by atoms with E-state index in [1.54, 1.807) is 21.1 Å². The van der Waals surface area contributed by atoms with Crippen LogP contribution >= 0.6 is 0 Å². The zero-order valence-electron chi connectivity index (χ0n) is 19.5. The normalized spacial score (nSPS) is 13.3. The summed E-state index contributed by atoms with van der Waals surface area (Å²) in [7, 11) is 7.61. The highest BCUT2D eigenvalue weighted by molar-refractivity contribution is 6.02. The standard InChI is InChI=1S/C24H31NO7/c1-14-20(21(27)23(31-5)24(32-6)22(14)30-4)17(26)8-10-25-9-7-15-11-18(28-2)19(29-3)12-16(15)13-25/h11-12,27H,7-10,13H2,1-6H3. The summed E-state index contributed by atoms with van der Waals surface area (Å²) >= 11 is 0. The topological polar surface area (TPSA) is 86.7 Å². The molecule has 32 heavy (non-hydrogen) atoms. The molecule has 1 heterocycles. The van der Waals surface area contributed by atoms with Gasteiger partial charge in [0, 0.05) is 31.6 Å². The largest absolute Gasteiger partial charge is 0.504 e. The lowest BCUT2D eigenvalue weighted by atomic mass is 9.96. The van der Waals surface area contributed by atoms with E-state index in [0.717, 1.165) is 24.3 Å². The number of phenols is 1. The molecule has 0 aliphatic carbocycles. The fourth-order valence-corrected chi connectivity index (χ4v) is 4.26. The maximum absolute atomic E-state index is 13.1. The number of benzene rings is 2. The van der Waals surface area contributed by atoms with Crippen molar-refractivity contribution in [3.8, 4) is 34.5 Å². The molecule has 3 rings (SSSR count). The molecule has 2 aromatic rings. The van der Waals surface area contributed by atoms with Crippen LogP contribution in [0.4, 0.5) is 0 Å². The first kappa shape index (κ1) is 23.5. The van der Waals surface area contributed by atoms with E-state index in [1.165, 1.54) is 26.9 Å². The van der Waals surface area contributed by atoms with E-state index in [2.05, 4.69) is 4.90 Å². The van der Waals surface area contributed by atoms with Crippen LogP contribution in [0.25, 0.3) is 0 Å². The molecule has 0 unspecified atom stereocenters. The number of methoxy groups -OCH3 is 5. The van der Waals surface area contributed by atoms with Gasteiger partial charge in [-0.1, -0.05) is 0 Å². The number of fused-ring (bicyclic) bond motifs is 1. The summed E-state index contributed by atoms with van der Waals surface area (Å²) < 4.78 is 26.9. The van der Waals surface area contributed by atoms with Crippen molar-refractivity contribution < 1.29 is 33.6 Å². The lowest BCUT2D eigenvalue weighted by Gasteiger charge is -2.29. The van der Waals surface area contributed by atoms with E-state index in [4.69, 9.17) is 23.7 Å². The first-order chi connectivity index (χ1) is 15.4. The van der Waals surface area contributed by atoms with E-state index in [-0.39, 0.29) is 35.0 Å². The van der Waals surface area contributed by atoms with Crippen LogP contribution in [0.15, 0.2) is 12.1 Å². The second-order valence-corrected chi connectivity index (χ2v) is 7.62. The summed E-state index contributed by atoms with van der Waals surface area (Å²) in [5.74, 6) is 1.74. The molecule has 0 amide bonds. The fourth-order valence-electron chi connectivity index (χ4n) is 4.26. The van der Waals surface area contributed by atoms with Gasteiger partial charge in [-0.05, 0) is 36.6 Å². The quantitative estimate of drug-likeness (QED) is 0.588. The number of hydrogen-bond acceptors (Lipinski definition) is 8. The van der Waals surface area contributed by atoms with E-state index in [9.17, 15) is 9.90 Å². The van der Waals surface area contributed by atoms with E-state index >= 15 is 0 Å². The van der Waals surface area contributed by atoms with Gasteiger partial charge < -0.3 is 28.8 Å². The van der Waals surface area contributed by atoms with Crippen LogP contribution in [0, 0.1) is 6.92 Å². The molecule has 8 heteroatoms. The number of ketones is 1. The van der Waals surface area contributed by atoms with Crippen LogP contribution in [0.3, 0.4) is 0 Å². The minimum atomic E-state index is -0.228. The van der Waals surface area contributed by atoms with Crippen molar-refractivity contribution in [2.45, 2.75) is 26.3 Å². The summed E-state index contributed by atoms with van der Waals surface area (Å²) in [6.45, 7) is 3.83. The zero-order valence-corrected chi connectivity index (χ0v) is 19.5. The van der Waals surface area contributed by atoms with Gasteiger partial charge in [-0.15, -0.1) is 0 Å². The highest BCUT2D eigenvalue weighted by atomic mass is 16.5. The van der Waals surface area contributed by atoms with Crippen molar-refractivity contribution >= 4 is 5.78 Å². The summed E-state index contributed by atoms with van der Waals surface area (Å²) in [5.41, 5.74) is 3.10. The van der Waals surface area contributed by atoms with Crippen LogP contribution in [0.1, 0.15) is 33.5 Å². The van der Waals surface area contributed by atoms with Crippen molar-refractivity contribution in [3.63, 3.8) is 0 Å². The minimum absolute atomic E-state index is 0.0891. The van der Waals surface area contributed by atoms with Crippen molar-refractivity contribution in [3.05, 3.63) is 34.4 Å². The van der Waals surface area contributed by atoms with Gasteiger partial charge in [0.15, 0.2) is 28.8 Å². The zero-order chi connectivity index (χ0) is 23.4. The predicted molar refractivity (Wildman–Crippen MR) is 120 cm³/mol. The molecule has 0 radical (unpaired) electrons. The Kier molecular flexibility index (Phi) is 7.35. The number of aromatic hydroxyl groups is 1. The molecule has 0 saturated carbocycles. The Morgan fingerprint density at radius 1 is 0.906 bits per heavy atom. The van der Waals surface area contributed by atoms with Crippen LogP contribution in [0.5, 0.6) is 34.5 Å². The smallest absolute Gasteiger partial charge is 0.207 e. The Morgan fingerprint density at radius 3 is 2.06 bits per heavy atom. The number of rotatable bonds is 9. The first-order valence-electron chi connectivity index (χ1n) is 10.4. The van der Waals surface area contributed by atoms with Gasteiger partial charge in [0.2, 0.25) is 11.5 Å². The minimum Gasteiger partial charge on any atom is -0.504 e. The van der Waals surface area contributed by atoms with Gasteiger partial charge >= 0.3 is 0 Å². The fraction of sp³-hybridized carbons (Fsp3) is 0.458. The molecule has 0 atom stereocenters. The van der Waals surface area contributed by atoms with Gasteiger partial charge in [-0.25, -0.2) is 0 Å². The maximum atomic E-state index is 13.1. The second-order valence-electron chi connectivity index (χ2n) is 7.62. The third-order valence-electron chi connectivity index (χ3n) is 5.92. The Balaban J connectivity index is 1.78. The Hall–Kier alpha value is -3.13. The van der Waals surface area contributed by atoms with Crippen LogP contribution in [-0.4, -0.2) is 64.4 Å². The Bertz CT molecular complexity index is 972. The SMILES string of the molecule is COc1cc2c(cc1OC)CN(CCC(=O)c1c(C)c(OC)c(OC)c(OC)c1O)CC2. The average molecular weight is 446 g/mol. The number of ether oxygens (including phenoxy) is 5. The molecule has 0 fully saturated rings. The summed E-state index contributed by atoms with van der Waals surface area (Å²) in [6.07, 6.45) is 1.11. The second kappa shape index (κ2) is 9.99. The Labute approximate surface area is 188 Å². The maximum Gasteiger partial charge on any atom is 0.207 e. The number of phenolic OH excluding ortho intramolecular Hbond substituents is 1. The summed E-state index contributed by atoms with van der Waals surface area (Å²) in [4.78, 5) is 15.3. The highest BCUT2D eigenvalue weighted by Gasteiger charge is 2.28. The lowest BCUT2D eigenvalue weighted by molar-refractivity contribution is 0.0956. The predicted octanol–water partition coefficient (Wildman–Crippen LogP) is 3.37. The number of carbonyl (C=O) groups is 1. The number of hydrogen-bond donors (Lipinski definition) is 1. The molecule has 0 saturated heterocycles. The number of Topliss-reactive ketones (excluding diaryl/α,β-unsaturated/α-hetero) is 1.